The predicted molar refractivity (Wildman–Crippen MR) is 97.5 cm³/mol. The van der Waals surface area contributed by atoms with Crippen molar-refractivity contribution in [1.29, 1.82) is 0 Å². The fraction of sp³-hybridized carbons (Fsp3) is 0.235. The first-order valence-electron chi connectivity index (χ1n) is 7.58. The second kappa shape index (κ2) is 6.86. The van der Waals surface area contributed by atoms with Crippen LogP contribution in [0.3, 0.4) is 0 Å². The first kappa shape index (κ1) is 18.0. The molecule has 25 heavy (non-hydrogen) atoms. The fourth-order valence-corrected chi connectivity index (χ4v) is 4.00. The summed E-state index contributed by atoms with van der Waals surface area (Å²) in [4.78, 5) is 12.4. The van der Waals surface area contributed by atoms with Crippen LogP contribution < -0.4 is 5.32 Å². The number of nitrogens with one attached hydrogen (secondary N) is 1. The van der Waals surface area contributed by atoms with Gasteiger partial charge in [-0.05, 0) is 41.8 Å². The quantitative estimate of drug-likeness (QED) is 0.819. The van der Waals surface area contributed by atoms with E-state index < -0.39 is 21.7 Å². The number of amides is 1. The van der Waals surface area contributed by atoms with Crippen LogP contribution in [0.5, 0.6) is 0 Å². The van der Waals surface area contributed by atoms with E-state index in [0.29, 0.717) is 23.1 Å². The van der Waals surface area contributed by atoms with Crippen molar-refractivity contribution in [3.63, 3.8) is 0 Å². The van der Waals surface area contributed by atoms with E-state index in [9.17, 15) is 17.6 Å². The lowest BCUT2D eigenvalue weighted by molar-refractivity contribution is 0.102. The Morgan fingerprint density at radius 1 is 1.28 bits per heavy atom. The summed E-state index contributed by atoms with van der Waals surface area (Å²) in [6.07, 6.45) is 1.67. The van der Waals surface area contributed by atoms with Gasteiger partial charge >= 0.3 is 0 Å². The number of benzene rings is 2. The van der Waals surface area contributed by atoms with Crippen molar-refractivity contribution in [2.45, 2.75) is 13.0 Å². The van der Waals surface area contributed by atoms with Crippen molar-refractivity contribution in [3.05, 3.63) is 63.4 Å². The van der Waals surface area contributed by atoms with Crippen LogP contribution in [0.15, 0.2) is 40.9 Å². The van der Waals surface area contributed by atoms with E-state index in [2.05, 4.69) is 21.2 Å². The summed E-state index contributed by atoms with van der Waals surface area (Å²) < 4.78 is 39.3. The lowest BCUT2D eigenvalue weighted by Gasteiger charge is -2.28. The Kier molecular flexibility index (Phi) is 4.95. The molecule has 0 spiro atoms. The molecule has 0 aliphatic carbocycles. The molecule has 0 radical (unpaired) electrons. The van der Waals surface area contributed by atoms with Gasteiger partial charge in [0.15, 0.2) is 0 Å². The highest BCUT2D eigenvalue weighted by atomic mass is 79.9. The van der Waals surface area contributed by atoms with Gasteiger partial charge in [0.25, 0.3) is 5.91 Å². The Labute approximate surface area is 154 Å². The summed E-state index contributed by atoms with van der Waals surface area (Å²) in [5.41, 5.74) is 2.24. The normalized spacial score (nSPS) is 14.8. The number of carbonyl (C=O) groups excluding carboxylic acids is 1. The molecule has 0 bridgehead atoms. The third-order valence-corrected chi connectivity index (χ3v) is 5.86. The maximum Gasteiger partial charge on any atom is 0.258 e. The molecular formula is C17H16BrFN2O3S. The van der Waals surface area contributed by atoms with Crippen LogP contribution in [0.25, 0.3) is 0 Å². The first-order chi connectivity index (χ1) is 11.8. The minimum absolute atomic E-state index is 0.0550. The number of carbonyl (C=O) groups is 1. The Bertz CT molecular complexity index is 947. The smallest absolute Gasteiger partial charge is 0.258 e. The average Bonchev–Trinajstić information content (AvgIpc) is 2.56. The van der Waals surface area contributed by atoms with Crippen LogP contribution in [0.1, 0.15) is 21.5 Å². The lowest BCUT2D eigenvalue weighted by Crippen LogP contribution is -2.35. The van der Waals surface area contributed by atoms with Crippen LogP contribution in [-0.4, -0.2) is 31.4 Å². The molecule has 1 aliphatic rings. The van der Waals surface area contributed by atoms with Gasteiger partial charge in [0.2, 0.25) is 10.0 Å². The molecule has 3 rings (SSSR count). The highest BCUT2D eigenvalue weighted by Crippen LogP contribution is 2.28. The molecular weight excluding hydrogens is 411 g/mol. The van der Waals surface area contributed by atoms with E-state index in [1.165, 1.54) is 28.8 Å². The summed E-state index contributed by atoms with van der Waals surface area (Å²) in [5, 5.41) is 2.74. The minimum atomic E-state index is -3.27. The second-order valence-electron chi connectivity index (χ2n) is 5.87. The average molecular weight is 427 g/mol. The van der Waals surface area contributed by atoms with Crippen molar-refractivity contribution < 1.29 is 17.6 Å². The third-order valence-electron chi connectivity index (χ3n) is 4.12. The van der Waals surface area contributed by atoms with E-state index in [-0.39, 0.29) is 12.1 Å². The maximum absolute atomic E-state index is 13.9. The zero-order valence-corrected chi connectivity index (χ0v) is 15.8. The molecule has 0 unspecified atom stereocenters. The van der Waals surface area contributed by atoms with Crippen LogP contribution >= 0.6 is 15.9 Å². The topological polar surface area (TPSA) is 66.5 Å². The molecule has 0 fully saturated rings. The maximum atomic E-state index is 13.9. The molecule has 0 saturated carbocycles. The standard InChI is InChI=1S/C17H16BrFN2O3S/c1-25(23,24)21-8-7-13-11(10-21)3-2-4-16(13)20-17(22)14-9-12(18)5-6-15(14)19/h2-6,9H,7-8,10H2,1H3,(H,20,22). The first-order valence-corrected chi connectivity index (χ1v) is 10.2. The Morgan fingerprint density at radius 2 is 2.04 bits per heavy atom. The van der Waals surface area contributed by atoms with Crippen molar-refractivity contribution in [2.24, 2.45) is 0 Å². The number of anilines is 1. The molecule has 0 atom stereocenters. The van der Waals surface area contributed by atoms with Gasteiger partial charge in [-0.25, -0.2) is 12.8 Å². The molecule has 1 heterocycles. The zero-order chi connectivity index (χ0) is 18.2. The molecule has 5 nitrogen and oxygen atoms in total. The number of halogens is 2. The third kappa shape index (κ3) is 3.91. The van der Waals surface area contributed by atoms with Crippen molar-refractivity contribution in [2.75, 3.05) is 18.1 Å². The summed E-state index contributed by atoms with van der Waals surface area (Å²) in [7, 11) is -3.27. The molecule has 1 N–H and O–H groups in total. The number of hydrogen-bond acceptors (Lipinski definition) is 3. The van der Waals surface area contributed by atoms with Gasteiger partial charge in [-0.15, -0.1) is 0 Å². The summed E-state index contributed by atoms with van der Waals surface area (Å²) in [6, 6.07) is 9.49. The fourth-order valence-electron chi connectivity index (χ4n) is 2.84. The van der Waals surface area contributed by atoms with E-state index in [1.807, 2.05) is 6.07 Å². The largest absolute Gasteiger partial charge is 0.322 e. The Hall–Kier alpha value is -1.77. The molecule has 1 aliphatic heterocycles. The molecule has 0 saturated heterocycles. The number of fused-ring (bicyclic) bond motifs is 1. The van der Waals surface area contributed by atoms with Crippen LogP contribution in [0, 0.1) is 5.82 Å². The molecule has 2 aromatic carbocycles. The van der Waals surface area contributed by atoms with Crippen molar-refractivity contribution >= 4 is 37.5 Å². The molecule has 132 valence electrons. The summed E-state index contributed by atoms with van der Waals surface area (Å²) in [6.45, 7) is 0.618. The van der Waals surface area contributed by atoms with Gasteiger partial charge in [0, 0.05) is 23.2 Å². The summed E-state index contributed by atoms with van der Waals surface area (Å²) in [5.74, 6) is -1.15. The van der Waals surface area contributed by atoms with Crippen molar-refractivity contribution in [3.8, 4) is 0 Å². The van der Waals surface area contributed by atoms with Crippen molar-refractivity contribution in [1.82, 2.24) is 4.31 Å². The second-order valence-corrected chi connectivity index (χ2v) is 8.77. The zero-order valence-electron chi connectivity index (χ0n) is 13.4. The highest BCUT2D eigenvalue weighted by molar-refractivity contribution is 9.10. The van der Waals surface area contributed by atoms with Gasteiger partial charge in [0.05, 0.1) is 11.8 Å². The number of rotatable bonds is 3. The van der Waals surface area contributed by atoms with E-state index in [0.717, 1.165) is 11.1 Å². The summed E-state index contributed by atoms with van der Waals surface area (Å²) >= 11 is 3.23. The highest BCUT2D eigenvalue weighted by Gasteiger charge is 2.25. The number of sulfonamides is 1. The number of nitrogens with zero attached hydrogens (tertiary/aromatic N) is 1. The lowest BCUT2D eigenvalue weighted by atomic mass is 9.99. The van der Waals surface area contributed by atoms with Crippen LogP contribution in [0.4, 0.5) is 10.1 Å². The van der Waals surface area contributed by atoms with Crippen LogP contribution in [0.2, 0.25) is 0 Å². The molecule has 1 amide bonds. The van der Waals surface area contributed by atoms with Crippen LogP contribution in [-0.2, 0) is 23.0 Å². The van der Waals surface area contributed by atoms with Gasteiger partial charge in [-0.1, -0.05) is 28.1 Å². The molecule has 0 aromatic heterocycles. The van der Waals surface area contributed by atoms with E-state index in [4.69, 9.17) is 0 Å². The van der Waals surface area contributed by atoms with Gasteiger partial charge in [-0.3, -0.25) is 4.79 Å². The monoisotopic (exact) mass is 426 g/mol. The van der Waals surface area contributed by atoms with Gasteiger partial charge < -0.3 is 5.32 Å². The van der Waals surface area contributed by atoms with Gasteiger partial charge in [-0.2, -0.15) is 4.31 Å². The predicted octanol–water partition coefficient (Wildman–Crippen LogP) is 3.16. The molecule has 2 aromatic rings. The minimum Gasteiger partial charge on any atom is -0.322 e. The van der Waals surface area contributed by atoms with Gasteiger partial charge in [0.1, 0.15) is 5.82 Å². The molecule has 8 heteroatoms. The van der Waals surface area contributed by atoms with E-state index in [1.54, 1.807) is 12.1 Å². The van der Waals surface area contributed by atoms with E-state index >= 15 is 0 Å². The Balaban J connectivity index is 1.88. The SMILES string of the molecule is CS(=O)(=O)N1CCc2c(cccc2NC(=O)c2cc(Br)ccc2F)C1. The Morgan fingerprint density at radius 3 is 2.76 bits per heavy atom. The number of hydrogen-bond donors (Lipinski definition) is 1.